The van der Waals surface area contributed by atoms with Crippen LogP contribution in [-0.2, 0) is 14.8 Å². The summed E-state index contributed by atoms with van der Waals surface area (Å²) in [6.45, 7) is 0.933. The van der Waals surface area contributed by atoms with Gasteiger partial charge in [0.25, 0.3) is 0 Å². The molecule has 0 atom stereocenters. The minimum atomic E-state index is -3.47. The summed E-state index contributed by atoms with van der Waals surface area (Å²) in [6.07, 6.45) is 0. The Hall–Kier alpha value is -1.44. The molecule has 0 bridgehead atoms. The SMILES string of the molecule is CN(C)CCOC(=O)c1ccc(S(=O)(=O)N(C)C)cc1. The summed E-state index contributed by atoms with van der Waals surface area (Å²) in [4.78, 5) is 13.8. The number of sulfonamides is 1. The van der Waals surface area contributed by atoms with E-state index in [1.807, 2.05) is 19.0 Å². The van der Waals surface area contributed by atoms with Gasteiger partial charge in [0, 0.05) is 20.6 Å². The number of rotatable bonds is 6. The average Bonchev–Trinajstić information content (AvgIpc) is 2.38. The first-order chi connectivity index (χ1) is 9.25. The Kier molecular flexibility index (Phi) is 5.67. The molecule has 7 heteroatoms. The van der Waals surface area contributed by atoms with Crippen molar-refractivity contribution in [1.82, 2.24) is 9.21 Å². The Labute approximate surface area is 120 Å². The molecule has 112 valence electrons. The van der Waals surface area contributed by atoms with Gasteiger partial charge in [-0.25, -0.2) is 17.5 Å². The summed E-state index contributed by atoms with van der Waals surface area (Å²) in [5.74, 6) is -0.458. The molecule has 1 rings (SSSR count). The van der Waals surface area contributed by atoms with Gasteiger partial charge in [0.1, 0.15) is 6.61 Å². The van der Waals surface area contributed by atoms with Crippen molar-refractivity contribution in [1.29, 1.82) is 0 Å². The Morgan fingerprint density at radius 1 is 1.10 bits per heavy atom. The highest BCUT2D eigenvalue weighted by Crippen LogP contribution is 2.14. The maximum absolute atomic E-state index is 11.9. The lowest BCUT2D eigenvalue weighted by molar-refractivity contribution is 0.0481. The topological polar surface area (TPSA) is 66.9 Å². The smallest absolute Gasteiger partial charge is 0.338 e. The maximum Gasteiger partial charge on any atom is 0.338 e. The van der Waals surface area contributed by atoms with E-state index >= 15 is 0 Å². The Morgan fingerprint density at radius 2 is 1.65 bits per heavy atom. The number of hydrogen-bond acceptors (Lipinski definition) is 5. The van der Waals surface area contributed by atoms with Crippen molar-refractivity contribution in [3.63, 3.8) is 0 Å². The number of benzene rings is 1. The number of nitrogens with zero attached hydrogens (tertiary/aromatic N) is 2. The van der Waals surface area contributed by atoms with Gasteiger partial charge in [-0.2, -0.15) is 0 Å². The molecule has 0 unspecified atom stereocenters. The van der Waals surface area contributed by atoms with Crippen molar-refractivity contribution in [2.24, 2.45) is 0 Å². The monoisotopic (exact) mass is 300 g/mol. The van der Waals surface area contributed by atoms with Crippen molar-refractivity contribution in [3.05, 3.63) is 29.8 Å². The second kappa shape index (κ2) is 6.83. The maximum atomic E-state index is 11.9. The van der Waals surface area contributed by atoms with E-state index in [-0.39, 0.29) is 4.90 Å². The van der Waals surface area contributed by atoms with Crippen LogP contribution in [0, 0.1) is 0 Å². The molecule has 0 aliphatic heterocycles. The summed E-state index contributed by atoms with van der Waals surface area (Å²) in [7, 11) is 3.21. The molecule has 0 aromatic heterocycles. The predicted octanol–water partition coefficient (Wildman–Crippen LogP) is 0.655. The van der Waals surface area contributed by atoms with E-state index in [9.17, 15) is 13.2 Å². The molecular weight excluding hydrogens is 280 g/mol. The molecule has 1 aromatic carbocycles. The van der Waals surface area contributed by atoms with E-state index in [2.05, 4.69) is 0 Å². The third-order valence-corrected chi connectivity index (χ3v) is 4.47. The lowest BCUT2D eigenvalue weighted by Gasteiger charge is -2.12. The molecule has 0 fully saturated rings. The summed E-state index contributed by atoms with van der Waals surface area (Å²) < 4.78 is 29.9. The van der Waals surface area contributed by atoms with Gasteiger partial charge in [0.15, 0.2) is 0 Å². The average molecular weight is 300 g/mol. The molecular formula is C13H20N2O4S. The molecule has 0 saturated carbocycles. The molecule has 0 radical (unpaired) electrons. The second-order valence-electron chi connectivity index (χ2n) is 4.75. The van der Waals surface area contributed by atoms with E-state index in [0.717, 1.165) is 4.31 Å². The largest absolute Gasteiger partial charge is 0.461 e. The number of carbonyl (C=O) groups excluding carboxylic acids is 1. The van der Waals surface area contributed by atoms with Crippen molar-refractivity contribution >= 4 is 16.0 Å². The van der Waals surface area contributed by atoms with Crippen LogP contribution in [0.3, 0.4) is 0 Å². The molecule has 1 aromatic rings. The van der Waals surface area contributed by atoms with Gasteiger partial charge in [0.05, 0.1) is 10.5 Å². The molecule has 0 heterocycles. The van der Waals surface area contributed by atoms with Gasteiger partial charge in [-0.15, -0.1) is 0 Å². The Balaban J connectivity index is 2.74. The molecule has 0 saturated heterocycles. The Morgan fingerprint density at radius 3 is 2.10 bits per heavy atom. The zero-order chi connectivity index (χ0) is 15.3. The van der Waals surface area contributed by atoms with Gasteiger partial charge in [-0.3, -0.25) is 0 Å². The minimum Gasteiger partial charge on any atom is -0.461 e. The minimum absolute atomic E-state index is 0.146. The van der Waals surface area contributed by atoms with Gasteiger partial charge < -0.3 is 9.64 Å². The van der Waals surface area contributed by atoms with Crippen LogP contribution in [0.15, 0.2) is 29.2 Å². The van der Waals surface area contributed by atoms with Crippen LogP contribution in [0.1, 0.15) is 10.4 Å². The van der Waals surface area contributed by atoms with Gasteiger partial charge in [0.2, 0.25) is 10.0 Å². The third-order valence-electron chi connectivity index (χ3n) is 2.64. The number of ether oxygens (including phenoxy) is 1. The van der Waals surface area contributed by atoms with Crippen molar-refractivity contribution < 1.29 is 17.9 Å². The third kappa shape index (κ3) is 4.29. The molecule has 0 amide bonds. The zero-order valence-corrected chi connectivity index (χ0v) is 13.0. The normalized spacial score (nSPS) is 11.9. The van der Waals surface area contributed by atoms with E-state index in [1.165, 1.54) is 38.4 Å². The van der Waals surface area contributed by atoms with E-state index in [1.54, 1.807) is 0 Å². The molecule has 0 aliphatic rings. The summed E-state index contributed by atoms with van der Waals surface area (Å²) in [5.41, 5.74) is 0.335. The van der Waals surface area contributed by atoms with Gasteiger partial charge in [-0.05, 0) is 38.4 Å². The fourth-order valence-corrected chi connectivity index (χ4v) is 2.28. The van der Waals surface area contributed by atoms with E-state index in [4.69, 9.17) is 4.74 Å². The van der Waals surface area contributed by atoms with Gasteiger partial charge >= 0.3 is 5.97 Å². The first kappa shape index (κ1) is 16.6. The van der Waals surface area contributed by atoms with Crippen LogP contribution in [0.5, 0.6) is 0 Å². The van der Waals surface area contributed by atoms with Crippen molar-refractivity contribution in [3.8, 4) is 0 Å². The highest BCUT2D eigenvalue weighted by Gasteiger charge is 2.17. The second-order valence-corrected chi connectivity index (χ2v) is 6.90. The molecule has 0 spiro atoms. The summed E-state index contributed by atoms with van der Waals surface area (Å²) in [6, 6.07) is 5.71. The number of carbonyl (C=O) groups is 1. The number of esters is 1. The van der Waals surface area contributed by atoms with Crippen molar-refractivity contribution in [2.75, 3.05) is 41.3 Å². The quantitative estimate of drug-likeness (QED) is 0.722. The summed E-state index contributed by atoms with van der Waals surface area (Å²) in [5, 5.41) is 0. The Bertz CT molecular complexity index is 550. The lowest BCUT2D eigenvalue weighted by atomic mass is 10.2. The first-order valence-electron chi connectivity index (χ1n) is 6.09. The van der Waals surface area contributed by atoms with E-state index in [0.29, 0.717) is 18.7 Å². The summed E-state index contributed by atoms with van der Waals surface area (Å²) >= 11 is 0. The van der Waals surface area contributed by atoms with Gasteiger partial charge in [-0.1, -0.05) is 0 Å². The van der Waals surface area contributed by atoms with E-state index < -0.39 is 16.0 Å². The van der Waals surface area contributed by atoms with Crippen LogP contribution < -0.4 is 0 Å². The molecule has 0 N–H and O–H groups in total. The first-order valence-corrected chi connectivity index (χ1v) is 7.53. The zero-order valence-electron chi connectivity index (χ0n) is 12.2. The van der Waals surface area contributed by atoms with Crippen LogP contribution >= 0.6 is 0 Å². The highest BCUT2D eigenvalue weighted by molar-refractivity contribution is 7.89. The number of hydrogen-bond donors (Lipinski definition) is 0. The van der Waals surface area contributed by atoms with Crippen LogP contribution in [0.4, 0.5) is 0 Å². The number of likely N-dealkylation sites (N-methyl/N-ethyl adjacent to an activating group) is 1. The highest BCUT2D eigenvalue weighted by atomic mass is 32.2. The lowest BCUT2D eigenvalue weighted by Crippen LogP contribution is -2.22. The molecule has 0 aliphatic carbocycles. The fourth-order valence-electron chi connectivity index (χ4n) is 1.38. The molecule has 20 heavy (non-hydrogen) atoms. The fraction of sp³-hybridized carbons (Fsp3) is 0.462. The predicted molar refractivity (Wildman–Crippen MR) is 76.2 cm³/mol. The van der Waals surface area contributed by atoms with Crippen LogP contribution in [0.25, 0.3) is 0 Å². The van der Waals surface area contributed by atoms with Crippen molar-refractivity contribution in [2.45, 2.75) is 4.90 Å². The molecule has 6 nitrogen and oxygen atoms in total. The van der Waals surface area contributed by atoms with Crippen LogP contribution in [-0.4, -0.2) is 64.9 Å². The van der Waals surface area contributed by atoms with Crippen LogP contribution in [0.2, 0.25) is 0 Å². The standard InChI is InChI=1S/C13H20N2O4S/c1-14(2)9-10-19-13(16)11-5-7-12(8-6-11)20(17,18)15(3)4/h5-8H,9-10H2,1-4H3.